The summed E-state index contributed by atoms with van der Waals surface area (Å²) in [5, 5.41) is 8.15. The molecule has 0 heterocycles. The van der Waals surface area contributed by atoms with Gasteiger partial charge in [-0.2, -0.15) is 0 Å². The molecule has 3 N–H and O–H groups in total. The van der Waals surface area contributed by atoms with Crippen LogP contribution in [0.25, 0.3) is 0 Å². The van der Waals surface area contributed by atoms with Gasteiger partial charge in [-0.1, -0.05) is 34.8 Å². The molecule has 6 nitrogen and oxygen atoms in total. The fourth-order valence-corrected chi connectivity index (χ4v) is 3.45. The number of carbonyl (C=O) groups excluding carboxylic acids is 1. The van der Waals surface area contributed by atoms with Gasteiger partial charge in [-0.3, -0.25) is 5.32 Å². The largest absolute Gasteiger partial charge is 0.497 e. The van der Waals surface area contributed by atoms with Crippen LogP contribution in [0.4, 0.5) is 10.5 Å². The number of nitrogens with one attached hydrogen (secondary N) is 3. The van der Waals surface area contributed by atoms with E-state index in [4.69, 9.17) is 56.5 Å². The van der Waals surface area contributed by atoms with Crippen LogP contribution >= 0.6 is 78.9 Å². The quantitative estimate of drug-likeness (QED) is 0.270. The highest BCUT2D eigenvalue weighted by atomic mass is 79.9. The van der Waals surface area contributed by atoms with E-state index in [1.807, 2.05) is 0 Å². The highest BCUT2D eigenvalue weighted by Crippen LogP contribution is 2.35. The van der Waals surface area contributed by atoms with E-state index in [0.717, 1.165) is 0 Å². The molecule has 1 aromatic rings. The normalized spacial score (nSPS) is 12.1. The number of hydrogen-bond acceptors (Lipinski definition) is 4. The average molecular weight is 559 g/mol. The zero-order valence-electron chi connectivity index (χ0n) is 13.0. The number of rotatable bonds is 5. The number of anilines is 1. The maximum Gasteiger partial charge on any atom is 0.408 e. The highest BCUT2D eigenvalue weighted by Gasteiger charge is 2.35. The van der Waals surface area contributed by atoms with Crippen LogP contribution in [0.5, 0.6) is 5.75 Å². The number of alkyl carbamates (subject to hydrolysis) is 1. The van der Waals surface area contributed by atoms with Crippen LogP contribution in [-0.4, -0.2) is 34.9 Å². The molecule has 25 heavy (non-hydrogen) atoms. The second kappa shape index (κ2) is 10.2. The Hall–Kier alpha value is -0.190. The molecule has 0 spiro atoms. The van der Waals surface area contributed by atoms with Gasteiger partial charge in [-0.25, -0.2) is 4.79 Å². The Morgan fingerprint density at radius 1 is 1.28 bits per heavy atom. The van der Waals surface area contributed by atoms with Gasteiger partial charge in [-0.15, -0.1) is 0 Å². The lowest BCUT2D eigenvalue weighted by molar-refractivity contribution is 0.147. The summed E-state index contributed by atoms with van der Waals surface area (Å²) in [6.45, 7) is 1.83. The molecule has 0 aliphatic rings. The first kappa shape index (κ1) is 22.9. The summed E-state index contributed by atoms with van der Waals surface area (Å²) >= 11 is 29.6. The lowest BCUT2D eigenvalue weighted by Gasteiger charge is -2.27. The van der Waals surface area contributed by atoms with E-state index in [0.29, 0.717) is 20.4 Å². The van der Waals surface area contributed by atoms with Crippen molar-refractivity contribution in [3.05, 3.63) is 21.1 Å². The maximum atomic E-state index is 11.6. The number of amides is 1. The molecule has 0 aliphatic heterocycles. The van der Waals surface area contributed by atoms with Gasteiger partial charge in [0.2, 0.25) is 3.79 Å². The summed E-state index contributed by atoms with van der Waals surface area (Å²) in [4.78, 5) is 11.6. The summed E-state index contributed by atoms with van der Waals surface area (Å²) in [5.41, 5.74) is 0.623. The minimum atomic E-state index is -1.87. The summed E-state index contributed by atoms with van der Waals surface area (Å²) in [6.07, 6.45) is -1.87. The zero-order chi connectivity index (χ0) is 19.2. The van der Waals surface area contributed by atoms with E-state index in [9.17, 15) is 4.79 Å². The molecule has 0 bridgehead atoms. The zero-order valence-corrected chi connectivity index (χ0v) is 19.2. The minimum absolute atomic E-state index is 0.111. The second-order valence-electron chi connectivity index (χ2n) is 4.40. The third-order valence-electron chi connectivity index (χ3n) is 2.63. The van der Waals surface area contributed by atoms with Crippen LogP contribution in [0.1, 0.15) is 6.92 Å². The van der Waals surface area contributed by atoms with Crippen molar-refractivity contribution in [2.24, 2.45) is 0 Å². The van der Waals surface area contributed by atoms with Gasteiger partial charge in [0.15, 0.2) is 11.3 Å². The molecular weight excluding hydrogens is 544 g/mol. The van der Waals surface area contributed by atoms with Gasteiger partial charge in [0.05, 0.1) is 19.4 Å². The average Bonchev–Trinajstić information content (AvgIpc) is 2.49. The monoisotopic (exact) mass is 555 g/mol. The molecule has 12 heteroatoms. The standard InChI is InChI=1S/C13H14Br2Cl3N3O3S/c1-3-24-12(22)21-10(13(16,17)18)20-11(25)19-9-7(14)4-6(23-2)5-8(9)15/h4-5,10H,3H2,1-2H3,(H,21,22)(H2,19,20,25)/t10-/m0/s1. The Balaban J connectivity index is 2.86. The van der Waals surface area contributed by atoms with E-state index in [2.05, 4.69) is 47.8 Å². The van der Waals surface area contributed by atoms with Gasteiger partial charge in [0.25, 0.3) is 0 Å². The van der Waals surface area contributed by atoms with Crippen molar-refractivity contribution in [2.75, 3.05) is 19.0 Å². The Morgan fingerprint density at radius 2 is 1.84 bits per heavy atom. The molecular formula is C13H14Br2Cl3N3O3S. The van der Waals surface area contributed by atoms with E-state index in [-0.39, 0.29) is 11.7 Å². The van der Waals surface area contributed by atoms with E-state index < -0.39 is 16.1 Å². The number of methoxy groups -OCH3 is 1. The molecule has 1 rings (SSSR count). The first-order chi connectivity index (χ1) is 11.6. The summed E-state index contributed by atoms with van der Waals surface area (Å²) in [7, 11) is 1.56. The first-order valence-corrected chi connectivity index (χ1v) is 9.81. The number of halogens is 5. The van der Waals surface area contributed by atoms with Gasteiger partial charge in [-0.05, 0) is 63.1 Å². The minimum Gasteiger partial charge on any atom is -0.497 e. The third kappa shape index (κ3) is 7.52. The molecule has 1 aromatic carbocycles. The molecule has 0 aliphatic carbocycles. The van der Waals surface area contributed by atoms with Crippen LogP contribution in [0.3, 0.4) is 0 Å². The number of hydrogen-bond donors (Lipinski definition) is 3. The molecule has 1 atom stereocenters. The molecule has 0 aromatic heterocycles. The topological polar surface area (TPSA) is 71.6 Å². The van der Waals surface area contributed by atoms with Crippen molar-refractivity contribution < 1.29 is 14.3 Å². The number of thiocarbonyl (C=S) groups is 1. The second-order valence-corrected chi connectivity index (χ2v) is 8.89. The molecule has 0 saturated carbocycles. The van der Waals surface area contributed by atoms with Crippen LogP contribution in [0, 0.1) is 0 Å². The third-order valence-corrected chi connectivity index (χ3v) is 4.76. The van der Waals surface area contributed by atoms with Crippen LogP contribution in [-0.2, 0) is 4.74 Å². The summed E-state index contributed by atoms with van der Waals surface area (Å²) in [5.74, 6) is 0.645. The smallest absolute Gasteiger partial charge is 0.408 e. The van der Waals surface area contributed by atoms with Crippen molar-refractivity contribution in [3.63, 3.8) is 0 Å². The predicted octanol–water partition coefficient (Wildman–Crippen LogP) is 4.95. The number of carbonyl (C=O) groups is 1. The molecule has 0 unspecified atom stereocenters. The summed E-state index contributed by atoms with van der Waals surface area (Å²) < 4.78 is 9.44. The summed E-state index contributed by atoms with van der Waals surface area (Å²) in [6, 6.07) is 3.50. The number of ether oxygens (including phenoxy) is 2. The van der Waals surface area contributed by atoms with E-state index >= 15 is 0 Å². The molecule has 140 valence electrons. The molecule has 0 radical (unpaired) electrons. The first-order valence-electron chi connectivity index (χ1n) is 6.69. The Morgan fingerprint density at radius 3 is 2.28 bits per heavy atom. The molecule has 0 fully saturated rings. The van der Waals surface area contributed by atoms with Crippen molar-refractivity contribution in [1.82, 2.24) is 10.6 Å². The van der Waals surface area contributed by atoms with Gasteiger partial charge < -0.3 is 20.1 Å². The van der Waals surface area contributed by atoms with Crippen molar-refractivity contribution >= 4 is 95.8 Å². The SMILES string of the molecule is CCOC(=O)N[C@H](NC(=S)Nc1c(Br)cc(OC)cc1Br)C(Cl)(Cl)Cl. The van der Waals surface area contributed by atoms with Gasteiger partial charge in [0.1, 0.15) is 5.75 Å². The van der Waals surface area contributed by atoms with Gasteiger partial charge in [0, 0.05) is 8.95 Å². The predicted molar refractivity (Wildman–Crippen MR) is 112 cm³/mol. The Kier molecular flexibility index (Phi) is 9.34. The highest BCUT2D eigenvalue weighted by molar-refractivity contribution is 9.11. The van der Waals surface area contributed by atoms with Crippen molar-refractivity contribution in [1.29, 1.82) is 0 Å². The lowest BCUT2D eigenvalue weighted by Crippen LogP contribution is -2.56. The van der Waals surface area contributed by atoms with Crippen molar-refractivity contribution in [3.8, 4) is 5.75 Å². The van der Waals surface area contributed by atoms with Crippen molar-refractivity contribution in [2.45, 2.75) is 16.9 Å². The molecule has 0 saturated heterocycles. The van der Waals surface area contributed by atoms with Crippen LogP contribution in [0.15, 0.2) is 21.1 Å². The lowest BCUT2D eigenvalue weighted by atomic mass is 10.3. The van der Waals surface area contributed by atoms with E-state index in [1.165, 1.54) is 0 Å². The van der Waals surface area contributed by atoms with Crippen LogP contribution in [0.2, 0.25) is 0 Å². The fourth-order valence-electron chi connectivity index (χ4n) is 1.56. The Bertz CT molecular complexity index is 624. The Labute approximate surface area is 182 Å². The number of benzene rings is 1. The fraction of sp³-hybridized carbons (Fsp3) is 0.385. The molecule has 1 amide bonds. The van der Waals surface area contributed by atoms with Gasteiger partial charge >= 0.3 is 6.09 Å². The van der Waals surface area contributed by atoms with E-state index in [1.54, 1.807) is 26.2 Å². The maximum absolute atomic E-state index is 11.6. The number of alkyl halides is 3. The van der Waals surface area contributed by atoms with Crippen LogP contribution < -0.4 is 20.7 Å².